The molecule has 0 saturated carbocycles. The topological polar surface area (TPSA) is 0 Å². The highest BCUT2D eigenvalue weighted by atomic mass is 14.4. The largest absolute Gasteiger partial charge is 0.102 e. The molecule has 0 aliphatic carbocycles. The maximum atomic E-state index is 4.10. The Balaban J connectivity index is 3.54. The fourth-order valence-electron chi connectivity index (χ4n) is 2.79. The number of rotatable bonds is 6. The summed E-state index contributed by atoms with van der Waals surface area (Å²) in [6, 6.07) is 10.5. The molecule has 1 rings (SSSR count). The van der Waals surface area contributed by atoms with E-state index in [0.717, 1.165) is 0 Å². The van der Waals surface area contributed by atoms with Gasteiger partial charge < -0.3 is 0 Å². The van der Waals surface area contributed by atoms with Crippen LogP contribution in [0.25, 0.3) is 0 Å². The molecular formula is C20H26. The lowest BCUT2D eigenvalue weighted by atomic mass is 9.58. The molecule has 0 nitrogen and oxygen atoms in total. The zero-order valence-corrected chi connectivity index (χ0v) is 13.2. The standard InChI is InChI=1S/C20H26/c1-7-14-17(8-2)19(5,9-3)20(6,10-4)18-15-12-11-13-16-18/h7-16H,3-4H2,1-2,5-6H3/b14-7-,17-8+. The minimum Gasteiger partial charge on any atom is -0.102 e. The van der Waals surface area contributed by atoms with Crippen molar-refractivity contribution < 1.29 is 0 Å². The summed E-state index contributed by atoms with van der Waals surface area (Å²) in [6.45, 7) is 16.8. The SMILES string of the molecule is C=CC(C)(C(/C=C\C)=C/C)C(C)(C=C)c1ccccc1. The third-order valence-corrected chi connectivity index (χ3v) is 4.53. The van der Waals surface area contributed by atoms with Crippen LogP contribution in [0.15, 0.2) is 79.4 Å². The molecule has 2 atom stereocenters. The van der Waals surface area contributed by atoms with E-state index in [4.69, 9.17) is 0 Å². The zero-order valence-electron chi connectivity index (χ0n) is 13.2. The van der Waals surface area contributed by atoms with E-state index in [-0.39, 0.29) is 10.8 Å². The minimum absolute atomic E-state index is 0.211. The van der Waals surface area contributed by atoms with Crippen molar-refractivity contribution in [1.29, 1.82) is 0 Å². The lowest BCUT2D eigenvalue weighted by molar-refractivity contribution is 0.337. The summed E-state index contributed by atoms with van der Waals surface area (Å²) >= 11 is 0. The molecule has 0 amide bonds. The average Bonchev–Trinajstić information content (AvgIpc) is 2.51. The van der Waals surface area contributed by atoms with Crippen LogP contribution in [0.5, 0.6) is 0 Å². The summed E-state index contributed by atoms with van der Waals surface area (Å²) in [7, 11) is 0. The van der Waals surface area contributed by atoms with Gasteiger partial charge in [-0.15, -0.1) is 13.2 Å². The fourth-order valence-corrected chi connectivity index (χ4v) is 2.79. The van der Waals surface area contributed by atoms with Gasteiger partial charge >= 0.3 is 0 Å². The summed E-state index contributed by atoms with van der Waals surface area (Å²) in [5.74, 6) is 0. The lowest BCUT2D eigenvalue weighted by Gasteiger charge is -2.44. The smallest absolute Gasteiger partial charge is 0.0230 e. The van der Waals surface area contributed by atoms with Crippen molar-refractivity contribution in [2.24, 2.45) is 5.41 Å². The summed E-state index contributed by atoms with van der Waals surface area (Å²) in [5.41, 5.74) is 2.08. The van der Waals surface area contributed by atoms with Crippen LogP contribution in [0.2, 0.25) is 0 Å². The molecule has 0 radical (unpaired) electrons. The predicted octanol–water partition coefficient (Wildman–Crippen LogP) is 5.85. The van der Waals surface area contributed by atoms with Gasteiger partial charge in [0.25, 0.3) is 0 Å². The maximum absolute atomic E-state index is 4.10. The van der Waals surface area contributed by atoms with Crippen LogP contribution in [0.4, 0.5) is 0 Å². The first-order chi connectivity index (χ1) is 9.50. The average molecular weight is 266 g/mol. The van der Waals surface area contributed by atoms with Gasteiger partial charge in [0.15, 0.2) is 0 Å². The Hall–Kier alpha value is -1.82. The minimum atomic E-state index is -0.211. The molecule has 0 heterocycles. The number of benzene rings is 1. The van der Waals surface area contributed by atoms with E-state index in [9.17, 15) is 0 Å². The van der Waals surface area contributed by atoms with Crippen molar-refractivity contribution in [1.82, 2.24) is 0 Å². The van der Waals surface area contributed by atoms with E-state index in [0.29, 0.717) is 0 Å². The third kappa shape index (κ3) is 2.56. The van der Waals surface area contributed by atoms with Crippen molar-refractivity contribution >= 4 is 0 Å². The highest BCUT2D eigenvalue weighted by molar-refractivity contribution is 5.44. The normalized spacial score (nSPS) is 18.3. The van der Waals surface area contributed by atoms with Crippen molar-refractivity contribution in [2.45, 2.75) is 33.1 Å². The van der Waals surface area contributed by atoms with E-state index in [1.807, 2.05) is 25.1 Å². The molecule has 0 heteroatoms. The van der Waals surface area contributed by atoms with Crippen molar-refractivity contribution in [3.8, 4) is 0 Å². The van der Waals surface area contributed by atoms with Crippen LogP contribution in [-0.4, -0.2) is 0 Å². The highest BCUT2D eigenvalue weighted by Crippen LogP contribution is 2.49. The van der Waals surface area contributed by atoms with Gasteiger partial charge in [0.1, 0.15) is 0 Å². The van der Waals surface area contributed by atoms with Crippen LogP contribution in [0, 0.1) is 5.41 Å². The Morgan fingerprint density at radius 3 is 2.00 bits per heavy atom. The van der Waals surface area contributed by atoms with Gasteiger partial charge in [0.2, 0.25) is 0 Å². The molecule has 0 saturated heterocycles. The first-order valence-electron chi connectivity index (χ1n) is 7.12. The van der Waals surface area contributed by atoms with Crippen LogP contribution >= 0.6 is 0 Å². The first-order valence-corrected chi connectivity index (χ1v) is 7.12. The Labute approximate surface area is 124 Å². The van der Waals surface area contributed by atoms with Crippen molar-refractivity contribution in [2.75, 3.05) is 0 Å². The summed E-state index contributed by atoms with van der Waals surface area (Å²) in [6.07, 6.45) is 10.5. The molecule has 1 aromatic rings. The molecule has 2 unspecified atom stereocenters. The van der Waals surface area contributed by atoms with Crippen LogP contribution in [0.3, 0.4) is 0 Å². The van der Waals surface area contributed by atoms with Crippen LogP contribution in [0.1, 0.15) is 33.3 Å². The Bertz CT molecular complexity index is 518. The molecule has 0 fully saturated rings. The van der Waals surface area contributed by atoms with E-state index in [1.54, 1.807) is 0 Å². The number of hydrogen-bond acceptors (Lipinski definition) is 0. The summed E-state index contributed by atoms with van der Waals surface area (Å²) in [4.78, 5) is 0. The van der Waals surface area contributed by atoms with Crippen LogP contribution in [-0.2, 0) is 5.41 Å². The Morgan fingerprint density at radius 1 is 1.00 bits per heavy atom. The van der Waals surface area contributed by atoms with Gasteiger partial charge in [0, 0.05) is 10.8 Å². The van der Waals surface area contributed by atoms with Gasteiger partial charge in [-0.3, -0.25) is 0 Å². The Kier molecular flexibility index (Phi) is 5.33. The lowest BCUT2D eigenvalue weighted by Crippen LogP contribution is -2.39. The van der Waals surface area contributed by atoms with E-state index >= 15 is 0 Å². The molecule has 1 aromatic carbocycles. The second-order valence-electron chi connectivity index (χ2n) is 5.42. The molecule has 0 aromatic heterocycles. The maximum Gasteiger partial charge on any atom is 0.0230 e. The fraction of sp³-hybridized carbons (Fsp3) is 0.300. The van der Waals surface area contributed by atoms with E-state index < -0.39 is 0 Å². The number of allylic oxidation sites excluding steroid dienone is 6. The molecule has 0 aliphatic heterocycles. The molecule has 0 N–H and O–H groups in total. The van der Waals surface area contributed by atoms with E-state index in [2.05, 4.69) is 76.4 Å². The highest BCUT2D eigenvalue weighted by Gasteiger charge is 2.43. The molecule has 20 heavy (non-hydrogen) atoms. The molecule has 0 bridgehead atoms. The quantitative estimate of drug-likeness (QED) is 0.448. The number of hydrogen-bond donors (Lipinski definition) is 0. The van der Waals surface area contributed by atoms with Crippen molar-refractivity contribution in [3.05, 3.63) is 85.0 Å². The molecular weight excluding hydrogens is 240 g/mol. The first kappa shape index (κ1) is 16.2. The van der Waals surface area contributed by atoms with Gasteiger partial charge in [-0.25, -0.2) is 0 Å². The van der Waals surface area contributed by atoms with Gasteiger partial charge in [-0.05, 0) is 25.0 Å². The van der Waals surface area contributed by atoms with E-state index in [1.165, 1.54) is 11.1 Å². The molecule has 0 aliphatic rings. The van der Waals surface area contributed by atoms with Crippen molar-refractivity contribution in [3.63, 3.8) is 0 Å². The zero-order chi connectivity index (χ0) is 15.2. The summed E-state index contributed by atoms with van der Waals surface area (Å²) < 4.78 is 0. The van der Waals surface area contributed by atoms with Crippen LogP contribution < -0.4 is 0 Å². The predicted molar refractivity (Wildman–Crippen MR) is 90.9 cm³/mol. The van der Waals surface area contributed by atoms with Gasteiger partial charge in [-0.2, -0.15) is 0 Å². The second-order valence-corrected chi connectivity index (χ2v) is 5.42. The Morgan fingerprint density at radius 2 is 1.60 bits per heavy atom. The van der Waals surface area contributed by atoms with Gasteiger partial charge in [0.05, 0.1) is 0 Å². The molecule has 106 valence electrons. The van der Waals surface area contributed by atoms with Gasteiger partial charge in [-0.1, -0.05) is 74.6 Å². The second kappa shape index (κ2) is 6.56. The third-order valence-electron chi connectivity index (χ3n) is 4.53. The summed E-state index contributed by atoms with van der Waals surface area (Å²) in [5, 5.41) is 0. The molecule has 0 spiro atoms. The monoisotopic (exact) mass is 266 g/mol.